The molecule has 0 aliphatic heterocycles. The molecule has 6 heteroatoms. The fourth-order valence-electron chi connectivity index (χ4n) is 3.43. The average Bonchev–Trinajstić information content (AvgIpc) is 2.98. The van der Waals surface area contributed by atoms with Crippen LogP contribution in [-0.2, 0) is 26.4 Å². The van der Waals surface area contributed by atoms with Gasteiger partial charge >= 0.3 is 5.69 Å². The van der Waals surface area contributed by atoms with Crippen molar-refractivity contribution < 1.29 is 0 Å². The maximum absolute atomic E-state index is 13.1. The molecule has 2 aromatic heterocycles. The Morgan fingerprint density at radius 1 is 1.17 bits per heavy atom. The van der Waals surface area contributed by atoms with Crippen molar-refractivity contribution in [2.24, 2.45) is 7.05 Å². The number of fused-ring (bicyclic) bond motifs is 3. The number of hydrogen-bond acceptors (Lipinski definition) is 3. The Labute approximate surface area is 147 Å². The fourth-order valence-corrected chi connectivity index (χ4v) is 4.96. The van der Waals surface area contributed by atoms with E-state index in [0.29, 0.717) is 5.02 Å². The quantitative estimate of drug-likeness (QED) is 0.703. The number of thiophene rings is 1. The number of aromatic nitrogens is 2. The minimum atomic E-state index is -0.286. The largest absolute Gasteiger partial charge is 0.332 e. The van der Waals surface area contributed by atoms with Crippen LogP contribution >= 0.6 is 22.9 Å². The smallest absolute Gasteiger partial charge is 0.287 e. The Bertz CT molecular complexity index is 1060. The standard InChI is InChI=1S/C18H17ClN2O2S/c1-20-17-15(12-7-3-5-9-14(12)24-17)16(22)21(18(20)23)10-11-6-2-4-8-13(11)19/h2,4,6,8H,3,5,7,9-10H2,1H3. The highest BCUT2D eigenvalue weighted by atomic mass is 35.5. The molecule has 124 valence electrons. The van der Waals surface area contributed by atoms with Gasteiger partial charge in [-0.25, -0.2) is 4.79 Å². The first-order chi connectivity index (χ1) is 11.6. The second-order valence-corrected chi connectivity index (χ2v) is 7.71. The number of benzene rings is 1. The molecule has 1 aliphatic rings. The van der Waals surface area contributed by atoms with E-state index in [1.54, 1.807) is 29.0 Å². The summed E-state index contributed by atoms with van der Waals surface area (Å²) < 4.78 is 2.92. The highest BCUT2D eigenvalue weighted by Crippen LogP contribution is 2.33. The summed E-state index contributed by atoms with van der Waals surface area (Å²) in [6, 6.07) is 7.33. The average molecular weight is 361 g/mol. The van der Waals surface area contributed by atoms with Gasteiger partial charge in [0.2, 0.25) is 0 Å². The molecule has 2 heterocycles. The van der Waals surface area contributed by atoms with Gasteiger partial charge < -0.3 is 0 Å². The number of rotatable bonds is 2. The van der Waals surface area contributed by atoms with Gasteiger partial charge in [-0.1, -0.05) is 29.8 Å². The van der Waals surface area contributed by atoms with E-state index >= 15 is 0 Å². The van der Waals surface area contributed by atoms with Crippen LogP contribution < -0.4 is 11.2 Å². The predicted molar refractivity (Wildman–Crippen MR) is 98.5 cm³/mol. The van der Waals surface area contributed by atoms with Crippen molar-refractivity contribution in [1.29, 1.82) is 0 Å². The van der Waals surface area contributed by atoms with E-state index < -0.39 is 0 Å². The molecule has 0 unspecified atom stereocenters. The van der Waals surface area contributed by atoms with Crippen molar-refractivity contribution in [1.82, 2.24) is 9.13 Å². The van der Waals surface area contributed by atoms with Crippen molar-refractivity contribution in [2.75, 3.05) is 0 Å². The van der Waals surface area contributed by atoms with Crippen LogP contribution in [0.1, 0.15) is 28.8 Å². The van der Waals surface area contributed by atoms with E-state index in [0.717, 1.165) is 47.0 Å². The second-order valence-electron chi connectivity index (χ2n) is 6.22. The molecule has 0 N–H and O–H groups in total. The zero-order valence-corrected chi connectivity index (χ0v) is 14.9. The molecule has 1 aromatic carbocycles. The van der Waals surface area contributed by atoms with Crippen molar-refractivity contribution in [3.8, 4) is 0 Å². The lowest BCUT2D eigenvalue weighted by Gasteiger charge is -2.12. The summed E-state index contributed by atoms with van der Waals surface area (Å²) in [6.45, 7) is 0.200. The summed E-state index contributed by atoms with van der Waals surface area (Å²) in [5.41, 5.74) is 1.45. The molecule has 0 bridgehead atoms. The van der Waals surface area contributed by atoms with E-state index in [2.05, 4.69) is 0 Å². The van der Waals surface area contributed by atoms with E-state index in [1.165, 1.54) is 9.44 Å². The lowest BCUT2D eigenvalue weighted by Crippen LogP contribution is -2.39. The first-order valence-electron chi connectivity index (χ1n) is 8.05. The van der Waals surface area contributed by atoms with Gasteiger partial charge in [0.1, 0.15) is 4.83 Å². The number of hydrogen-bond donors (Lipinski definition) is 0. The van der Waals surface area contributed by atoms with Gasteiger partial charge in [0.05, 0.1) is 11.9 Å². The third kappa shape index (κ3) is 2.34. The summed E-state index contributed by atoms with van der Waals surface area (Å²) in [7, 11) is 1.75. The summed E-state index contributed by atoms with van der Waals surface area (Å²) in [6.07, 6.45) is 4.19. The Hall–Kier alpha value is -1.85. The van der Waals surface area contributed by atoms with Crippen molar-refractivity contribution in [3.63, 3.8) is 0 Å². The molecule has 0 amide bonds. The van der Waals surface area contributed by atoms with Crippen LogP contribution in [0.3, 0.4) is 0 Å². The molecule has 0 radical (unpaired) electrons. The molecule has 3 aromatic rings. The van der Waals surface area contributed by atoms with Crippen LogP contribution in [0, 0.1) is 0 Å². The Morgan fingerprint density at radius 2 is 1.92 bits per heavy atom. The van der Waals surface area contributed by atoms with Crippen molar-refractivity contribution in [2.45, 2.75) is 32.2 Å². The van der Waals surface area contributed by atoms with E-state index in [1.807, 2.05) is 18.2 Å². The second kappa shape index (κ2) is 5.90. The van der Waals surface area contributed by atoms with Gasteiger partial charge in [-0.15, -0.1) is 11.3 Å². The van der Waals surface area contributed by atoms with Crippen LogP contribution in [-0.4, -0.2) is 9.13 Å². The van der Waals surface area contributed by atoms with Crippen LogP contribution in [0.15, 0.2) is 33.9 Å². The van der Waals surface area contributed by atoms with Gasteiger partial charge in [-0.3, -0.25) is 13.9 Å². The molecular weight excluding hydrogens is 344 g/mol. The number of halogens is 1. The van der Waals surface area contributed by atoms with Gasteiger partial charge in [-0.05, 0) is 42.9 Å². The van der Waals surface area contributed by atoms with Gasteiger partial charge in [-0.2, -0.15) is 0 Å². The van der Waals surface area contributed by atoms with Gasteiger partial charge in [0.15, 0.2) is 0 Å². The maximum Gasteiger partial charge on any atom is 0.332 e. The zero-order valence-electron chi connectivity index (χ0n) is 13.3. The van der Waals surface area contributed by atoms with Crippen LogP contribution in [0.25, 0.3) is 10.2 Å². The molecule has 4 nitrogen and oxygen atoms in total. The molecule has 0 spiro atoms. The third-order valence-electron chi connectivity index (χ3n) is 4.72. The SMILES string of the molecule is Cn1c(=O)n(Cc2ccccc2Cl)c(=O)c2c3c(sc21)CCCC3. The van der Waals surface area contributed by atoms with Crippen LogP contribution in [0.4, 0.5) is 0 Å². The number of nitrogens with zero attached hydrogens (tertiary/aromatic N) is 2. The molecular formula is C18H17ClN2O2S. The van der Waals surface area contributed by atoms with Gasteiger partial charge in [0, 0.05) is 16.9 Å². The Morgan fingerprint density at radius 3 is 2.71 bits per heavy atom. The van der Waals surface area contributed by atoms with Crippen molar-refractivity contribution in [3.05, 3.63) is 66.1 Å². The fraction of sp³-hybridized carbons (Fsp3) is 0.333. The minimum Gasteiger partial charge on any atom is -0.287 e. The van der Waals surface area contributed by atoms with Gasteiger partial charge in [0.25, 0.3) is 5.56 Å². The normalized spacial score (nSPS) is 14.1. The van der Waals surface area contributed by atoms with Crippen LogP contribution in [0.2, 0.25) is 5.02 Å². The van der Waals surface area contributed by atoms with E-state index in [9.17, 15) is 9.59 Å². The molecule has 1 aliphatic carbocycles. The lowest BCUT2D eigenvalue weighted by molar-refractivity contribution is 0.659. The summed E-state index contributed by atoms with van der Waals surface area (Å²) >= 11 is 7.81. The summed E-state index contributed by atoms with van der Waals surface area (Å²) in [5, 5.41) is 1.29. The zero-order chi connectivity index (χ0) is 16.8. The number of aryl methyl sites for hydroxylation is 3. The highest BCUT2D eigenvalue weighted by molar-refractivity contribution is 7.18. The first-order valence-corrected chi connectivity index (χ1v) is 9.25. The molecule has 0 atom stereocenters. The summed E-state index contributed by atoms with van der Waals surface area (Å²) in [5.74, 6) is 0. The molecule has 0 fully saturated rings. The molecule has 4 rings (SSSR count). The monoisotopic (exact) mass is 360 g/mol. The molecule has 24 heavy (non-hydrogen) atoms. The van der Waals surface area contributed by atoms with E-state index in [4.69, 9.17) is 11.6 Å². The Balaban J connectivity index is 1.98. The first kappa shape index (κ1) is 15.7. The minimum absolute atomic E-state index is 0.188. The summed E-state index contributed by atoms with van der Waals surface area (Å²) in [4.78, 5) is 27.8. The Kier molecular flexibility index (Phi) is 3.85. The highest BCUT2D eigenvalue weighted by Gasteiger charge is 2.22. The predicted octanol–water partition coefficient (Wildman–Crippen LogP) is 3.34. The molecule has 0 saturated heterocycles. The maximum atomic E-state index is 13.1. The lowest BCUT2D eigenvalue weighted by atomic mass is 9.97. The van der Waals surface area contributed by atoms with Crippen molar-refractivity contribution >= 4 is 33.2 Å². The topological polar surface area (TPSA) is 44.0 Å². The third-order valence-corrected chi connectivity index (χ3v) is 6.46. The van der Waals surface area contributed by atoms with E-state index in [-0.39, 0.29) is 17.8 Å². The van der Waals surface area contributed by atoms with Crippen LogP contribution in [0.5, 0.6) is 0 Å². The molecule has 0 saturated carbocycles.